The second kappa shape index (κ2) is 17.3. The van der Waals surface area contributed by atoms with Crippen LogP contribution >= 0.6 is 0 Å². The van der Waals surface area contributed by atoms with E-state index in [0.29, 0.717) is 12.1 Å². The Balaban J connectivity index is 0.000000687. The average Bonchev–Trinajstić information content (AvgIpc) is 3.41. The Labute approximate surface area is 255 Å². The predicted octanol–water partition coefficient (Wildman–Crippen LogP) is 1.32. The topological polar surface area (TPSA) is 243 Å². The number of hydrogen-bond acceptors (Lipinski definition) is 10. The molecule has 3 aromatic rings. The Morgan fingerprint density at radius 3 is 2.30 bits per heavy atom. The van der Waals surface area contributed by atoms with Gasteiger partial charge in [-0.1, -0.05) is 26.0 Å². The third kappa shape index (κ3) is 11.4. The molecule has 2 amide bonds. The summed E-state index contributed by atoms with van der Waals surface area (Å²) in [5, 5.41) is 22.6. The van der Waals surface area contributed by atoms with E-state index >= 15 is 0 Å². The number of aliphatic imine (C=N–C) groups is 1. The van der Waals surface area contributed by atoms with E-state index in [1.54, 1.807) is 13.8 Å². The zero-order chi connectivity index (χ0) is 33.6. The minimum atomic E-state index is -1.27. The van der Waals surface area contributed by atoms with E-state index in [4.69, 9.17) is 21.6 Å². The number of aryl methyl sites for hydroxylation is 1. The smallest absolute Gasteiger partial charge is 0.309 e. The van der Waals surface area contributed by atoms with E-state index in [-0.39, 0.29) is 36.2 Å². The van der Waals surface area contributed by atoms with Gasteiger partial charge in [0.25, 0.3) is 11.5 Å². The molecule has 0 aliphatic heterocycles. The molecule has 242 valence electrons. The number of nitrogens with zero attached hydrogens (tertiary/aromatic N) is 5. The Morgan fingerprint density at radius 2 is 1.77 bits per heavy atom. The van der Waals surface area contributed by atoms with E-state index in [1.807, 2.05) is 20.8 Å². The average molecular weight is 619 g/mol. The predicted molar refractivity (Wildman–Crippen MR) is 163 cm³/mol. The van der Waals surface area contributed by atoms with Gasteiger partial charge in [0.05, 0.1) is 5.54 Å². The number of amides is 2. The first-order chi connectivity index (χ1) is 20.6. The first-order valence-electron chi connectivity index (χ1n) is 13.9. The van der Waals surface area contributed by atoms with Crippen LogP contribution < -0.4 is 33.4 Å². The number of guanidine groups is 1. The fourth-order valence-corrected chi connectivity index (χ4v) is 3.58. The van der Waals surface area contributed by atoms with Crippen LogP contribution in [0.15, 0.2) is 38.5 Å². The molecule has 1 unspecified atom stereocenters. The zero-order valence-electron chi connectivity index (χ0n) is 26.1. The third-order valence-electron chi connectivity index (χ3n) is 5.67. The number of carbonyl (C=O) groups excluding carboxylic acids is 2. The van der Waals surface area contributed by atoms with Crippen molar-refractivity contribution in [2.45, 2.75) is 72.5 Å². The lowest BCUT2D eigenvalue weighted by molar-refractivity contribution is 0.0869. The summed E-state index contributed by atoms with van der Waals surface area (Å²) < 4.78 is 19.1. The van der Waals surface area contributed by atoms with Gasteiger partial charge in [0.2, 0.25) is 11.6 Å². The molecule has 1 aromatic carbocycles. The number of nitrogens with one attached hydrogen (secondary N) is 2. The molecule has 0 bridgehead atoms. The van der Waals surface area contributed by atoms with Gasteiger partial charge in [0.1, 0.15) is 11.6 Å². The van der Waals surface area contributed by atoms with Gasteiger partial charge in [-0.05, 0) is 51.3 Å². The summed E-state index contributed by atoms with van der Waals surface area (Å²) in [6.07, 6.45) is 1.92. The van der Waals surface area contributed by atoms with Gasteiger partial charge in [0.15, 0.2) is 11.7 Å². The van der Waals surface area contributed by atoms with Crippen molar-refractivity contribution >= 4 is 17.8 Å². The lowest BCUT2D eigenvalue weighted by atomic mass is 10.0. The molecular weight excluding hydrogens is 575 g/mol. The Kier molecular flexibility index (Phi) is 14.6. The van der Waals surface area contributed by atoms with Crippen LogP contribution in [0.1, 0.15) is 85.9 Å². The standard InChI is InChI=1S/C20H21FN6O5.C6H16N4.C2H6/c1-10-25-26-17(32-10)16(30)24-20(2,3)19-23-13(14(28)18(31)27(19)4)15(29)22-9-11-5-7-12(21)8-6-11;1-5(7)3-2-4-10-6(8)9;1-2/h5-8,28H,9H2,1-4H3,(H,22,29)(H,24,30);5H,2-4,7H2,1H3,(H4,8,9,10);1-2H3. The molecule has 2 heterocycles. The molecule has 15 nitrogen and oxygen atoms in total. The molecule has 2 aromatic heterocycles. The van der Waals surface area contributed by atoms with Crippen molar-refractivity contribution in [1.29, 1.82) is 0 Å². The molecule has 9 N–H and O–H groups in total. The molecule has 0 aliphatic rings. The second-order valence-corrected chi connectivity index (χ2v) is 9.94. The lowest BCUT2D eigenvalue weighted by Crippen LogP contribution is -2.46. The van der Waals surface area contributed by atoms with Gasteiger partial charge in [0, 0.05) is 33.1 Å². The fourth-order valence-electron chi connectivity index (χ4n) is 3.58. The first kappa shape index (κ1) is 37.2. The van der Waals surface area contributed by atoms with Crippen molar-refractivity contribution in [2.24, 2.45) is 29.2 Å². The van der Waals surface area contributed by atoms with Crippen LogP contribution in [-0.4, -0.2) is 55.2 Å². The van der Waals surface area contributed by atoms with Crippen LogP contribution in [0.3, 0.4) is 0 Å². The number of benzene rings is 1. The Bertz CT molecular complexity index is 1460. The molecule has 0 radical (unpaired) electrons. The van der Waals surface area contributed by atoms with Crippen LogP contribution in [0.2, 0.25) is 0 Å². The quantitative estimate of drug-likeness (QED) is 0.107. The highest BCUT2D eigenvalue weighted by Gasteiger charge is 2.32. The number of nitrogens with two attached hydrogens (primary N) is 3. The number of carbonyl (C=O) groups is 2. The van der Waals surface area contributed by atoms with Gasteiger partial charge in [-0.15, -0.1) is 10.2 Å². The van der Waals surface area contributed by atoms with E-state index in [0.717, 1.165) is 17.4 Å². The van der Waals surface area contributed by atoms with Crippen LogP contribution in [-0.2, 0) is 19.1 Å². The summed E-state index contributed by atoms with van der Waals surface area (Å²) in [7, 11) is 1.34. The van der Waals surface area contributed by atoms with E-state index in [2.05, 4.69) is 30.8 Å². The minimum Gasteiger partial charge on any atom is -0.501 e. The van der Waals surface area contributed by atoms with E-state index in [1.165, 1.54) is 38.2 Å². The Morgan fingerprint density at radius 1 is 1.16 bits per heavy atom. The van der Waals surface area contributed by atoms with Gasteiger partial charge in [-0.3, -0.25) is 23.9 Å². The molecular formula is C28H43FN10O5. The fraction of sp³-hybridized carbons (Fsp3) is 0.464. The van der Waals surface area contributed by atoms with Crippen LogP contribution in [0.5, 0.6) is 5.75 Å². The summed E-state index contributed by atoms with van der Waals surface area (Å²) in [6, 6.07) is 5.69. The molecule has 44 heavy (non-hydrogen) atoms. The normalized spacial score (nSPS) is 11.2. The molecule has 0 spiro atoms. The van der Waals surface area contributed by atoms with Crippen LogP contribution in [0.4, 0.5) is 4.39 Å². The monoisotopic (exact) mass is 618 g/mol. The maximum atomic E-state index is 13.0. The largest absolute Gasteiger partial charge is 0.501 e. The molecule has 1 atom stereocenters. The van der Waals surface area contributed by atoms with Crippen molar-refractivity contribution in [3.8, 4) is 5.75 Å². The summed E-state index contributed by atoms with van der Waals surface area (Å²) in [5.41, 5.74) is 13.7. The highest BCUT2D eigenvalue weighted by atomic mass is 19.1. The van der Waals surface area contributed by atoms with Crippen LogP contribution in [0.25, 0.3) is 0 Å². The minimum absolute atomic E-state index is 0.00294. The Hall–Kier alpha value is -4.86. The van der Waals surface area contributed by atoms with E-state index < -0.39 is 40.2 Å². The number of aromatic hydroxyl groups is 1. The van der Waals surface area contributed by atoms with Gasteiger partial charge in [-0.2, -0.15) is 0 Å². The number of aromatic nitrogens is 4. The number of hydrogen-bond donors (Lipinski definition) is 6. The maximum Gasteiger partial charge on any atom is 0.309 e. The highest BCUT2D eigenvalue weighted by Crippen LogP contribution is 2.20. The van der Waals surface area contributed by atoms with Crippen molar-refractivity contribution in [2.75, 3.05) is 6.54 Å². The molecule has 0 saturated carbocycles. The second-order valence-electron chi connectivity index (χ2n) is 9.94. The van der Waals surface area contributed by atoms with Crippen molar-refractivity contribution in [1.82, 2.24) is 30.4 Å². The van der Waals surface area contributed by atoms with Crippen molar-refractivity contribution in [3.63, 3.8) is 0 Å². The lowest BCUT2D eigenvalue weighted by Gasteiger charge is -2.27. The first-order valence-corrected chi connectivity index (χ1v) is 13.9. The van der Waals surface area contributed by atoms with Gasteiger partial charge >= 0.3 is 11.8 Å². The zero-order valence-corrected chi connectivity index (χ0v) is 26.1. The van der Waals surface area contributed by atoms with Crippen LogP contribution in [0, 0.1) is 12.7 Å². The molecule has 16 heteroatoms. The molecule has 0 fully saturated rings. The summed E-state index contributed by atoms with van der Waals surface area (Å²) in [6.45, 7) is 11.3. The summed E-state index contributed by atoms with van der Waals surface area (Å²) >= 11 is 0. The SMILES string of the molecule is CC.CC(N)CCCN=C(N)N.Cc1nnc(C(=O)NC(C)(C)c2nc(C(=O)NCc3ccc(F)cc3)c(O)c(=O)n2C)o1. The molecule has 0 aliphatic carbocycles. The van der Waals surface area contributed by atoms with Gasteiger partial charge in [-0.25, -0.2) is 9.37 Å². The van der Waals surface area contributed by atoms with Crippen molar-refractivity contribution < 1.29 is 23.5 Å². The number of rotatable bonds is 10. The summed E-state index contributed by atoms with van der Waals surface area (Å²) in [4.78, 5) is 45.5. The van der Waals surface area contributed by atoms with E-state index in [9.17, 15) is 23.9 Å². The third-order valence-corrected chi connectivity index (χ3v) is 5.67. The maximum absolute atomic E-state index is 13.0. The van der Waals surface area contributed by atoms with Crippen molar-refractivity contribution in [3.05, 3.63) is 69.3 Å². The van der Waals surface area contributed by atoms with Gasteiger partial charge < -0.3 is 37.4 Å². The molecule has 3 rings (SSSR count). The highest BCUT2D eigenvalue weighted by molar-refractivity contribution is 5.94. The summed E-state index contributed by atoms with van der Waals surface area (Å²) in [5.74, 6) is -2.72. The number of halogens is 1. The molecule has 0 saturated heterocycles.